The van der Waals surface area contributed by atoms with Crippen LogP contribution in [0, 0.1) is 5.92 Å². The van der Waals surface area contributed by atoms with Crippen LogP contribution in [0.25, 0.3) is 0 Å². The van der Waals surface area contributed by atoms with Crippen LogP contribution in [0.15, 0.2) is 36.5 Å². The van der Waals surface area contributed by atoms with Gasteiger partial charge in [0.1, 0.15) is 11.6 Å². The molecule has 2 aliphatic rings. The van der Waals surface area contributed by atoms with Crippen LogP contribution in [0.4, 0.5) is 17.5 Å². The van der Waals surface area contributed by atoms with Gasteiger partial charge in [0, 0.05) is 36.9 Å². The van der Waals surface area contributed by atoms with Crippen LogP contribution in [-0.4, -0.2) is 42.1 Å². The van der Waals surface area contributed by atoms with Gasteiger partial charge >= 0.3 is 0 Å². The largest absolute Gasteiger partial charge is 0.497 e. The Morgan fingerprint density at radius 3 is 2.52 bits per heavy atom. The number of anilines is 3. The van der Waals surface area contributed by atoms with Gasteiger partial charge in [-0.3, -0.25) is 4.79 Å². The molecule has 7 nitrogen and oxygen atoms in total. The highest BCUT2D eigenvalue weighted by Crippen LogP contribution is 2.25. The second kappa shape index (κ2) is 7.82. The highest BCUT2D eigenvalue weighted by atomic mass is 16.5. The summed E-state index contributed by atoms with van der Waals surface area (Å²) < 4.78 is 5.18. The first kappa shape index (κ1) is 17.6. The molecule has 7 heteroatoms. The Bertz CT molecular complexity index is 783. The van der Waals surface area contributed by atoms with Crippen molar-refractivity contribution >= 4 is 23.4 Å². The average Bonchev–Trinajstić information content (AvgIpc) is 3.53. The number of methoxy groups -OCH3 is 1. The molecule has 1 aromatic heterocycles. The number of piperidine rings is 1. The van der Waals surface area contributed by atoms with Crippen LogP contribution in [0.2, 0.25) is 0 Å². The summed E-state index contributed by atoms with van der Waals surface area (Å²) in [7, 11) is 1.65. The summed E-state index contributed by atoms with van der Waals surface area (Å²) in [6.45, 7) is 1.60. The lowest BCUT2D eigenvalue weighted by molar-refractivity contribution is -0.125. The predicted molar refractivity (Wildman–Crippen MR) is 104 cm³/mol. The fourth-order valence-electron chi connectivity index (χ4n) is 3.28. The number of nitrogens with one attached hydrogen (secondary N) is 2. The minimum Gasteiger partial charge on any atom is -0.497 e. The minimum absolute atomic E-state index is 0.113. The standard InChI is InChI=1S/C20H25N5O2/c1-27-17-6-4-15(5-7-17)22-18-8-11-21-20(24-18)25-12-9-14(10-13-25)19(26)23-16-2-3-16/h4-8,11,14,16H,2-3,9-10,12-13H2,1H3,(H,23,26)(H,21,22,24). The Labute approximate surface area is 159 Å². The number of aromatic nitrogens is 2. The number of carbonyl (C=O) groups is 1. The third-order valence-corrected chi connectivity index (χ3v) is 5.08. The molecular weight excluding hydrogens is 342 g/mol. The van der Waals surface area contributed by atoms with Crippen LogP contribution in [-0.2, 0) is 4.79 Å². The topological polar surface area (TPSA) is 79.4 Å². The van der Waals surface area contributed by atoms with Gasteiger partial charge in [0.05, 0.1) is 7.11 Å². The number of carbonyl (C=O) groups excluding carboxylic acids is 1. The first-order chi connectivity index (χ1) is 13.2. The first-order valence-electron chi connectivity index (χ1n) is 9.51. The molecule has 1 amide bonds. The van der Waals surface area contributed by atoms with Crippen LogP contribution in [0.3, 0.4) is 0 Å². The maximum absolute atomic E-state index is 12.2. The molecule has 0 spiro atoms. The van der Waals surface area contributed by atoms with Crippen molar-refractivity contribution in [2.45, 2.75) is 31.7 Å². The predicted octanol–water partition coefficient (Wildman–Crippen LogP) is 2.72. The summed E-state index contributed by atoms with van der Waals surface area (Å²) in [6, 6.07) is 9.99. The van der Waals surface area contributed by atoms with Crippen molar-refractivity contribution < 1.29 is 9.53 Å². The van der Waals surface area contributed by atoms with Gasteiger partial charge in [-0.15, -0.1) is 0 Å². The second-order valence-corrected chi connectivity index (χ2v) is 7.14. The molecule has 1 saturated carbocycles. The van der Waals surface area contributed by atoms with Gasteiger partial charge in [-0.1, -0.05) is 0 Å². The molecule has 1 aliphatic heterocycles. The summed E-state index contributed by atoms with van der Waals surface area (Å²) in [6.07, 6.45) is 5.72. The number of hydrogen-bond donors (Lipinski definition) is 2. The van der Waals surface area contributed by atoms with Crippen molar-refractivity contribution in [3.05, 3.63) is 36.5 Å². The zero-order chi connectivity index (χ0) is 18.6. The first-order valence-corrected chi connectivity index (χ1v) is 9.51. The molecule has 0 unspecified atom stereocenters. The Morgan fingerprint density at radius 2 is 1.85 bits per heavy atom. The Hall–Kier alpha value is -2.83. The molecule has 0 atom stereocenters. The van der Waals surface area contributed by atoms with E-state index in [1.54, 1.807) is 13.3 Å². The molecule has 4 rings (SSSR count). The highest BCUT2D eigenvalue weighted by Gasteiger charge is 2.30. The lowest BCUT2D eigenvalue weighted by atomic mass is 9.96. The molecule has 0 bridgehead atoms. The van der Waals surface area contributed by atoms with Gasteiger partial charge in [0.2, 0.25) is 11.9 Å². The quantitative estimate of drug-likeness (QED) is 0.817. The van der Waals surface area contributed by atoms with Crippen LogP contribution in [0.5, 0.6) is 5.75 Å². The average molecular weight is 367 g/mol. The Balaban J connectivity index is 1.35. The molecular formula is C20H25N5O2. The van der Waals surface area contributed by atoms with E-state index in [0.29, 0.717) is 12.0 Å². The number of benzene rings is 1. The zero-order valence-corrected chi connectivity index (χ0v) is 15.5. The van der Waals surface area contributed by atoms with Gasteiger partial charge in [0.25, 0.3) is 0 Å². The third kappa shape index (κ3) is 4.48. The van der Waals surface area contributed by atoms with E-state index in [1.807, 2.05) is 30.3 Å². The van der Waals surface area contributed by atoms with Crippen molar-refractivity contribution in [1.82, 2.24) is 15.3 Å². The lowest BCUT2D eigenvalue weighted by Gasteiger charge is -2.31. The van der Waals surface area contributed by atoms with Crippen LogP contribution < -0.4 is 20.3 Å². The molecule has 1 saturated heterocycles. The van der Waals surface area contributed by atoms with Gasteiger partial charge in [-0.05, 0) is 56.0 Å². The molecule has 2 N–H and O–H groups in total. The summed E-state index contributed by atoms with van der Waals surface area (Å²) in [5, 5.41) is 6.41. The normalized spacial score (nSPS) is 17.4. The lowest BCUT2D eigenvalue weighted by Crippen LogP contribution is -2.41. The molecule has 1 aliphatic carbocycles. The van der Waals surface area contributed by atoms with E-state index in [2.05, 4.69) is 25.5 Å². The van der Waals surface area contributed by atoms with Gasteiger partial charge < -0.3 is 20.3 Å². The SMILES string of the molecule is COc1ccc(Nc2ccnc(N3CCC(C(=O)NC4CC4)CC3)n2)cc1. The maximum atomic E-state index is 12.2. The summed E-state index contributed by atoms with van der Waals surface area (Å²) >= 11 is 0. The zero-order valence-electron chi connectivity index (χ0n) is 15.5. The number of rotatable bonds is 6. The van der Waals surface area contributed by atoms with Crippen molar-refractivity contribution in [3.8, 4) is 5.75 Å². The van der Waals surface area contributed by atoms with E-state index in [0.717, 1.165) is 56.0 Å². The van der Waals surface area contributed by atoms with E-state index in [1.165, 1.54) is 0 Å². The van der Waals surface area contributed by atoms with E-state index in [4.69, 9.17) is 4.74 Å². The van der Waals surface area contributed by atoms with E-state index in [-0.39, 0.29) is 11.8 Å². The molecule has 2 heterocycles. The summed E-state index contributed by atoms with van der Waals surface area (Å²) in [5.41, 5.74) is 0.941. The number of amides is 1. The van der Waals surface area contributed by atoms with Crippen molar-refractivity contribution in [3.63, 3.8) is 0 Å². The minimum atomic E-state index is 0.113. The Morgan fingerprint density at radius 1 is 1.11 bits per heavy atom. The van der Waals surface area contributed by atoms with Crippen LogP contribution >= 0.6 is 0 Å². The van der Waals surface area contributed by atoms with Crippen molar-refractivity contribution in [1.29, 1.82) is 0 Å². The fraction of sp³-hybridized carbons (Fsp3) is 0.450. The molecule has 2 fully saturated rings. The fourth-order valence-corrected chi connectivity index (χ4v) is 3.28. The highest BCUT2D eigenvalue weighted by molar-refractivity contribution is 5.79. The molecule has 1 aromatic carbocycles. The monoisotopic (exact) mass is 367 g/mol. The van der Waals surface area contributed by atoms with E-state index >= 15 is 0 Å². The van der Waals surface area contributed by atoms with Gasteiger partial charge in [0.15, 0.2) is 0 Å². The van der Waals surface area contributed by atoms with E-state index in [9.17, 15) is 4.79 Å². The van der Waals surface area contributed by atoms with Gasteiger partial charge in [-0.2, -0.15) is 4.98 Å². The second-order valence-electron chi connectivity index (χ2n) is 7.14. The summed E-state index contributed by atoms with van der Waals surface area (Å²) in [4.78, 5) is 23.4. The van der Waals surface area contributed by atoms with Gasteiger partial charge in [-0.25, -0.2) is 4.98 Å². The summed E-state index contributed by atoms with van der Waals surface area (Å²) in [5.74, 6) is 2.60. The molecule has 27 heavy (non-hydrogen) atoms. The molecule has 2 aromatic rings. The number of ether oxygens (including phenoxy) is 1. The van der Waals surface area contributed by atoms with Crippen molar-refractivity contribution in [2.24, 2.45) is 5.92 Å². The van der Waals surface area contributed by atoms with Crippen molar-refractivity contribution in [2.75, 3.05) is 30.4 Å². The third-order valence-electron chi connectivity index (χ3n) is 5.08. The van der Waals surface area contributed by atoms with E-state index < -0.39 is 0 Å². The number of hydrogen-bond acceptors (Lipinski definition) is 6. The smallest absolute Gasteiger partial charge is 0.227 e. The molecule has 142 valence electrons. The van der Waals surface area contributed by atoms with Crippen LogP contribution in [0.1, 0.15) is 25.7 Å². The maximum Gasteiger partial charge on any atom is 0.227 e. The Kier molecular flexibility index (Phi) is 5.09. The molecule has 0 radical (unpaired) electrons. The number of nitrogens with zero attached hydrogens (tertiary/aromatic N) is 3.